The molecular weight excluding hydrogens is 318 g/mol. The van der Waals surface area contributed by atoms with E-state index in [-0.39, 0.29) is 11.9 Å². The van der Waals surface area contributed by atoms with Crippen LogP contribution in [-0.2, 0) is 0 Å². The second-order valence-corrected chi connectivity index (χ2v) is 6.18. The molecule has 1 heterocycles. The minimum Gasteiger partial charge on any atom is -0.398 e. The predicted molar refractivity (Wildman–Crippen MR) is 85.8 cm³/mol. The minimum atomic E-state index is -0.0295. The van der Waals surface area contributed by atoms with Crippen molar-refractivity contribution in [1.82, 2.24) is 10.2 Å². The van der Waals surface area contributed by atoms with Gasteiger partial charge in [-0.25, -0.2) is 0 Å². The summed E-state index contributed by atoms with van der Waals surface area (Å²) in [6.07, 6.45) is 3.24. The zero-order chi connectivity index (χ0) is 14.5. The van der Waals surface area contributed by atoms with E-state index in [2.05, 4.69) is 33.1 Å². The maximum Gasteiger partial charge on any atom is 0.251 e. The van der Waals surface area contributed by atoms with Crippen molar-refractivity contribution in [2.45, 2.75) is 32.2 Å². The highest BCUT2D eigenvalue weighted by molar-refractivity contribution is 9.10. The molecule has 110 valence electrons. The molecule has 0 aliphatic carbocycles. The van der Waals surface area contributed by atoms with Gasteiger partial charge in [0.2, 0.25) is 0 Å². The largest absolute Gasteiger partial charge is 0.398 e. The number of nitrogens with one attached hydrogen (secondary N) is 1. The van der Waals surface area contributed by atoms with Gasteiger partial charge in [0.1, 0.15) is 0 Å². The molecule has 1 saturated heterocycles. The molecule has 0 aromatic heterocycles. The number of nitrogens with zero attached hydrogens (tertiary/aromatic N) is 1. The number of nitrogens with two attached hydrogens (primary N) is 1. The minimum absolute atomic E-state index is 0.0295. The number of benzene rings is 1. The third kappa shape index (κ3) is 3.96. The van der Waals surface area contributed by atoms with Crippen LogP contribution in [0, 0.1) is 0 Å². The van der Waals surface area contributed by atoms with Gasteiger partial charge in [0.05, 0.1) is 0 Å². The van der Waals surface area contributed by atoms with Gasteiger partial charge in [0.25, 0.3) is 5.91 Å². The van der Waals surface area contributed by atoms with Crippen molar-refractivity contribution in [3.63, 3.8) is 0 Å². The number of rotatable bonds is 4. The molecule has 1 aliphatic heterocycles. The average molecular weight is 340 g/mol. The fourth-order valence-electron chi connectivity index (χ4n) is 2.57. The zero-order valence-electron chi connectivity index (χ0n) is 11.9. The number of piperidine rings is 1. The summed E-state index contributed by atoms with van der Waals surface area (Å²) < 4.78 is 0.821. The van der Waals surface area contributed by atoms with Crippen molar-refractivity contribution in [2.24, 2.45) is 0 Å². The van der Waals surface area contributed by atoms with Crippen LogP contribution < -0.4 is 11.1 Å². The first kappa shape index (κ1) is 15.3. The van der Waals surface area contributed by atoms with Gasteiger partial charge < -0.3 is 16.0 Å². The summed E-state index contributed by atoms with van der Waals surface area (Å²) in [5.74, 6) is -0.0295. The Balaban J connectivity index is 1.87. The van der Waals surface area contributed by atoms with Crippen molar-refractivity contribution in [3.8, 4) is 0 Å². The first-order valence-electron chi connectivity index (χ1n) is 7.18. The molecule has 0 spiro atoms. The molecular formula is C15H22BrN3O. The number of hydrogen-bond acceptors (Lipinski definition) is 3. The highest BCUT2D eigenvalue weighted by Gasteiger charge is 2.20. The lowest BCUT2D eigenvalue weighted by Gasteiger charge is -2.32. The molecule has 0 atom stereocenters. The highest BCUT2D eigenvalue weighted by atomic mass is 79.9. The number of hydrogen-bond donors (Lipinski definition) is 2. The van der Waals surface area contributed by atoms with Crippen LogP contribution in [0.5, 0.6) is 0 Å². The fourth-order valence-corrected chi connectivity index (χ4v) is 2.82. The third-order valence-electron chi connectivity index (χ3n) is 3.72. The summed E-state index contributed by atoms with van der Waals surface area (Å²) in [5.41, 5.74) is 7.03. The van der Waals surface area contributed by atoms with Gasteiger partial charge in [-0.2, -0.15) is 0 Å². The molecule has 1 fully saturated rings. The Morgan fingerprint density at radius 3 is 2.75 bits per heavy atom. The quantitative estimate of drug-likeness (QED) is 0.829. The van der Waals surface area contributed by atoms with E-state index < -0.39 is 0 Å². The Morgan fingerprint density at radius 2 is 2.15 bits per heavy atom. The number of anilines is 1. The Labute approximate surface area is 128 Å². The van der Waals surface area contributed by atoms with Gasteiger partial charge in [-0.1, -0.05) is 6.92 Å². The van der Waals surface area contributed by atoms with Gasteiger partial charge in [-0.3, -0.25) is 4.79 Å². The van der Waals surface area contributed by atoms with Crippen LogP contribution in [0.3, 0.4) is 0 Å². The summed E-state index contributed by atoms with van der Waals surface area (Å²) in [7, 11) is 0. The van der Waals surface area contributed by atoms with Gasteiger partial charge in [-0.15, -0.1) is 0 Å². The summed E-state index contributed by atoms with van der Waals surface area (Å²) in [6.45, 7) is 5.50. The molecule has 0 bridgehead atoms. The number of nitrogen functional groups attached to an aromatic ring is 1. The van der Waals surface area contributed by atoms with Crippen LogP contribution in [0.25, 0.3) is 0 Å². The van der Waals surface area contributed by atoms with E-state index >= 15 is 0 Å². The van der Waals surface area contributed by atoms with Gasteiger partial charge >= 0.3 is 0 Å². The van der Waals surface area contributed by atoms with Crippen LogP contribution in [-0.4, -0.2) is 36.5 Å². The van der Waals surface area contributed by atoms with E-state index in [1.807, 2.05) is 6.07 Å². The van der Waals surface area contributed by atoms with E-state index in [9.17, 15) is 4.79 Å². The summed E-state index contributed by atoms with van der Waals surface area (Å²) in [5, 5.41) is 3.11. The number of halogens is 1. The Hall–Kier alpha value is -1.07. The van der Waals surface area contributed by atoms with E-state index in [0.717, 1.165) is 36.9 Å². The van der Waals surface area contributed by atoms with E-state index in [4.69, 9.17) is 5.73 Å². The highest BCUT2D eigenvalue weighted by Crippen LogP contribution is 2.20. The van der Waals surface area contributed by atoms with Crippen LogP contribution >= 0.6 is 15.9 Å². The summed E-state index contributed by atoms with van der Waals surface area (Å²) in [6, 6.07) is 5.60. The molecule has 2 rings (SSSR count). The maximum atomic E-state index is 12.2. The molecule has 4 nitrogen and oxygen atoms in total. The van der Waals surface area contributed by atoms with Gasteiger partial charge in [-0.05, 0) is 59.9 Å². The summed E-state index contributed by atoms with van der Waals surface area (Å²) >= 11 is 3.34. The lowest BCUT2D eigenvalue weighted by Crippen LogP contribution is -2.44. The molecule has 1 aliphatic rings. The molecule has 1 aromatic carbocycles. The van der Waals surface area contributed by atoms with Crippen molar-refractivity contribution in [3.05, 3.63) is 28.2 Å². The fraction of sp³-hybridized carbons (Fsp3) is 0.533. The lowest BCUT2D eigenvalue weighted by atomic mass is 10.0. The van der Waals surface area contributed by atoms with Crippen molar-refractivity contribution < 1.29 is 4.79 Å². The SMILES string of the molecule is CCCN1CCC(NC(=O)c2ccc(Br)c(N)c2)CC1. The normalized spacial score (nSPS) is 17.1. The van der Waals surface area contributed by atoms with Crippen LogP contribution in [0.1, 0.15) is 36.5 Å². The molecule has 5 heteroatoms. The second kappa shape index (κ2) is 7.09. The molecule has 0 radical (unpaired) electrons. The second-order valence-electron chi connectivity index (χ2n) is 5.33. The monoisotopic (exact) mass is 339 g/mol. The van der Waals surface area contributed by atoms with Gasteiger partial charge in [0.15, 0.2) is 0 Å². The third-order valence-corrected chi connectivity index (χ3v) is 4.44. The van der Waals surface area contributed by atoms with Crippen molar-refractivity contribution >= 4 is 27.5 Å². The zero-order valence-corrected chi connectivity index (χ0v) is 13.4. The molecule has 20 heavy (non-hydrogen) atoms. The molecule has 1 aromatic rings. The number of carbonyl (C=O) groups is 1. The van der Waals surface area contributed by atoms with Gasteiger partial charge in [0, 0.05) is 34.9 Å². The van der Waals surface area contributed by atoms with Crippen LogP contribution in [0.4, 0.5) is 5.69 Å². The maximum absolute atomic E-state index is 12.2. The average Bonchev–Trinajstić information content (AvgIpc) is 2.44. The molecule has 3 N–H and O–H groups in total. The number of carbonyl (C=O) groups excluding carboxylic acids is 1. The lowest BCUT2D eigenvalue weighted by molar-refractivity contribution is 0.0911. The Bertz CT molecular complexity index is 470. The first-order chi connectivity index (χ1) is 9.60. The van der Waals surface area contributed by atoms with Crippen LogP contribution in [0.15, 0.2) is 22.7 Å². The summed E-state index contributed by atoms with van der Waals surface area (Å²) in [4.78, 5) is 14.6. The van der Waals surface area contributed by atoms with Crippen LogP contribution in [0.2, 0.25) is 0 Å². The topological polar surface area (TPSA) is 58.4 Å². The van der Waals surface area contributed by atoms with E-state index in [0.29, 0.717) is 11.3 Å². The Morgan fingerprint density at radius 1 is 1.45 bits per heavy atom. The van der Waals surface area contributed by atoms with Crippen molar-refractivity contribution in [1.29, 1.82) is 0 Å². The number of likely N-dealkylation sites (tertiary alicyclic amines) is 1. The Kier molecular flexibility index (Phi) is 5.43. The standard InChI is InChI=1S/C15H22BrN3O/c1-2-7-19-8-5-12(6-9-19)18-15(20)11-3-4-13(16)14(17)10-11/h3-4,10,12H,2,5-9,17H2,1H3,(H,18,20). The van der Waals surface area contributed by atoms with E-state index in [1.54, 1.807) is 12.1 Å². The molecule has 0 saturated carbocycles. The smallest absolute Gasteiger partial charge is 0.251 e. The van der Waals surface area contributed by atoms with Crippen molar-refractivity contribution in [2.75, 3.05) is 25.4 Å². The number of amides is 1. The van der Waals surface area contributed by atoms with E-state index in [1.165, 1.54) is 6.42 Å². The predicted octanol–water partition coefficient (Wildman–Crippen LogP) is 2.64. The molecule has 1 amide bonds. The first-order valence-corrected chi connectivity index (χ1v) is 7.97. The molecule has 0 unspecified atom stereocenters.